The first-order chi connectivity index (χ1) is 9.15. The molecule has 1 saturated carbocycles. The number of amides is 1. The van der Waals surface area contributed by atoms with Gasteiger partial charge in [-0.15, -0.1) is 0 Å². The summed E-state index contributed by atoms with van der Waals surface area (Å²) in [6.45, 7) is 0.167. The van der Waals surface area contributed by atoms with Gasteiger partial charge < -0.3 is 14.9 Å². The van der Waals surface area contributed by atoms with Crippen molar-refractivity contribution >= 4 is 11.9 Å². The maximum Gasteiger partial charge on any atom is 0.305 e. The van der Waals surface area contributed by atoms with Crippen LogP contribution in [0, 0.1) is 0 Å². The van der Waals surface area contributed by atoms with Crippen LogP contribution in [0.25, 0.3) is 0 Å². The summed E-state index contributed by atoms with van der Waals surface area (Å²) in [7, 11) is 0. The minimum atomic E-state index is -0.918. The lowest BCUT2D eigenvalue weighted by atomic mass is 10.2. The normalized spacial score (nSPS) is 14.3. The minimum Gasteiger partial charge on any atom is -0.481 e. The third-order valence-electron chi connectivity index (χ3n) is 2.88. The molecule has 1 aliphatic rings. The van der Waals surface area contributed by atoms with Gasteiger partial charge in [0, 0.05) is 25.3 Å². The van der Waals surface area contributed by atoms with Crippen molar-refractivity contribution in [3.63, 3.8) is 0 Å². The van der Waals surface area contributed by atoms with E-state index in [0.29, 0.717) is 31.1 Å². The van der Waals surface area contributed by atoms with E-state index in [-0.39, 0.29) is 18.9 Å². The van der Waals surface area contributed by atoms with Crippen molar-refractivity contribution in [2.75, 3.05) is 6.54 Å². The molecule has 0 aliphatic heterocycles. The standard InChI is InChI=1S/C12H17N3O4/c16-9(13-7-6-11(17)18)2-1-3-10-14-12(15-19-10)8-4-5-8/h8H,1-7H2,(H,13,16)(H,17,18). The van der Waals surface area contributed by atoms with Crippen LogP contribution in [0.2, 0.25) is 0 Å². The van der Waals surface area contributed by atoms with E-state index < -0.39 is 5.97 Å². The average Bonchev–Trinajstić information content (AvgIpc) is 3.10. The van der Waals surface area contributed by atoms with Crippen LogP contribution >= 0.6 is 0 Å². The van der Waals surface area contributed by atoms with Crippen LogP contribution in [0.5, 0.6) is 0 Å². The second-order valence-electron chi connectivity index (χ2n) is 4.67. The van der Waals surface area contributed by atoms with Gasteiger partial charge in [-0.05, 0) is 19.3 Å². The second-order valence-corrected chi connectivity index (χ2v) is 4.67. The molecule has 1 aliphatic carbocycles. The second kappa shape index (κ2) is 6.31. The zero-order valence-electron chi connectivity index (χ0n) is 10.6. The van der Waals surface area contributed by atoms with Gasteiger partial charge >= 0.3 is 5.97 Å². The average molecular weight is 267 g/mol. The molecule has 7 heteroatoms. The van der Waals surface area contributed by atoms with Crippen molar-refractivity contribution in [2.45, 2.75) is 44.4 Å². The quantitative estimate of drug-likeness (QED) is 0.723. The molecule has 19 heavy (non-hydrogen) atoms. The van der Waals surface area contributed by atoms with Crippen molar-refractivity contribution < 1.29 is 19.2 Å². The molecule has 7 nitrogen and oxygen atoms in total. The molecule has 1 aromatic rings. The minimum absolute atomic E-state index is 0.0554. The highest BCUT2D eigenvalue weighted by Gasteiger charge is 2.28. The van der Waals surface area contributed by atoms with E-state index in [9.17, 15) is 9.59 Å². The van der Waals surface area contributed by atoms with Crippen LogP contribution in [-0.4, -0.2) is 33.7 Å². The first kappa shape index (κ1) is 13.5. The molecule has 0 bridgehead atoms. The van der Waals surface area contributed by atoms with E-state index >= 15 is 0 Å². The van der Waals surface area contributed by atoms with Crippen LogP contribution in [-0.2, 0) is 16.0 Å². The zero-order chi connectivity index (χ0) is 13.7. The number of carboxylic acids is 1. The van der Waals surface area contributed by atoms with Gasteiger partial charge in [0.15, 0.2) is 5.82 Å². The molecule has 2 N–H and O–H groups in total. The predicted molar refractivity (Wildman–Crippen MR) is 64.5 cm³/mol. The van der Waals surface area contributed by atoms with Crippen molar-refractivity contribution in [1.29, 1.82) is 0 Å². The lowest BCUT2D eigenvalue weighted by Crippen LogP contribution is -2.25. The van der Waals surface area contributed by atoms with Gasteiger partial charge in [-0.1, -0.05) is 5.16 Å². The first-order valence-corrected chi connectivity index (χ1v) is 6.46. The first-order valence-electron chi connectivity index (χ1n) is 6.46. The molecule has 1 heterocycles. The monoisotopic (exact) mass is 267 g/mol. The SMILES string of the molecule is O=C(O)CCNC(=O)CCCc1nc(C2CC2)no1. The van der Waals surface area contributed by atoms with Crippen LogP contribution < -0.4 is 5.32 Å². The van der Waals surface area contributed by atoms with Gasteiger partial charge in [-0.25, -0.2) is 0 Å². The summed E-state index contributed by atoms with van der Waals surface area (Å²) in [5, 5.41) is 14.9. The summed E-state index contributed by atoms with van der Waals surface area (Å²) in [4.78, 5) is 25.9. The van der Waals surface area contributed by atoms with Crippen LogP contribution in [0.4, 0.5) is 0 Å². The fraction of sp³-hybridized carbons (Fsp3) is 0.667. The number of hydrogen-bond donors (Lipinski definition) is 2. The lowest BCUT2D eigenvalue weighted by Gasteiger charge is -2.01. The summed E-state index contributed by atoms with van der Waals surface area (Å²) in [6.07, 6.45) is 3.73. The Hall–Kier alpha value is -1.92. The van der Waals surface area contributed by atoms with Crippen LogP contribution in [0.1, 0.15) is 49.7 Å². The topological polar surface area (TPSA) is 105 Å². The Morgan fingerprint density at radius 1 is 1.37 bits per heavy atom. The molecular formula is C12H17N3O4. The molecule has 1 fully saturated rings. The Morgan fingerprint density at radius 3 is 2.84 bits per heavy atom. The lowest BCUT2D eigenvalue weighted by molar-refractivity contribution is -0.136. The summed E-state index contributed by atoms with van der Waals surface area (Å²) in [5.41, 5.74) is 0. The summed E-state index contributed by atoms with van der Waals surface area (Å²) < 4.78 is 5.09. The highest BCUT2D eigenvalue weighted by molar-refractivity contribution is 5.76. The number of carbonyl (C=O) groups excluding carboxylic acids is 1. The molecule has 0 aromatic carbocycles. The van der Waals surface area contributed by atoms with E-state index in [2.05, 4.69) is 15.5 Å². The van der Waals surface area contributed by atoms with Gasteiger partial charge in [0.25, 0.3) is 0 Å². The molecule has 104 valence electrons. The Labute approximate surface area is 110 Å². The van der Waals surface area contributed by atoms with E-state index in [1.165, 1.54) is 0 Å². The molecule has 1 aromatic heterocycles. The van der Waals surface area contributed by atoms with E-state index in [1.807, 2.05) is 0 Å². The maximum absolute atomic E-state index is 11.4. The molecular weight excluding hydrogens is 250 g/mol. The zero-order valence-corrected chi connectivity index (χ0v) is 10.6. The van der Waals surface area contributed by atoms with Crippen molar-refractivity contribution in [3.8, 4) is 0 Å². The van der Waals surface area contributed by atoms with E-state index in [4.69, 9.17) is 9.63 Å². The number of nitrogens with one attached hydrogen (secondary N) is 1. The fourth-order valence-electron chi connectivity index (χ4n) is 1.67. The molecule has 0 spiro atoms. The summed E-state index contributed by atoms with van der Waals surface area (Å²) in [5.74, 6) is 0.750. The van der Waals surface area contributed by atoms with Crippen LogP contribution in [0.3, 0.4) is 0 Å². The summed E-state index contributed by atoms with van der Waals surface area (Å²) in [6, 6.07) is 0. The van der Waals surface area contributed by atoms with Gasteiger partial charge in [0.05, 0.1) is 6.42 Å². The molecule has 0 unspecified atom stereocenters. The third-order valence-corrected chi connectivity index (χ3v) is 2.88. The third kappa shape index (κ3) is 4.69. The Balaban J connectivity index is 1.59. The number of rotatable bonds is 8. The van der Waals surface area contributed by atoms with Crippen molar-refractivity contribution in [1.82, 2.24) is 15.5 Å². The maximum atomic E-state index is 11.4. The largest absolute Gasteiger partial charge is 0.481 e. The fourth-order valence-corrected chi connectivity index (χ4v) is 1.67. The van der Waals surface area contributed by atoms with Gasteiger partial charge in [0.1, 0.15) is 0 Å². The Bertz CT molecular complexity index is 454. The Kier molecular flexibility index (Phi) is 4.48. The molecule has 1 amide bonds. The molecule has 0 atom stereocenters. The number of carboxylic acid groups (broad SMARTS) is 1. The summed E-state index contributed by atoms with van der Waals surface area (Å²) >= 11 is 0. The number of aliphatic carboxylic acids is 1. The number of aromatic nitrogens is 2. The van der Waals surface area contributed by atoms with Crippen molar-refractivity contribution in [2.24, 2.45) is 0 Å². The Morgan fingerprint density at radius 2 is 2.16 bits per heavy atom. The smallest absolute Gasteiger partial charge is 0.305 e. The highest BCUT2D eigenvalue weighted by atomic mass is 16.5. The van der Waals surface area contributed by atoms with Crippen LogP contribution in [0.15, 0.2) is 4.52 Å². The van der Waals surface area contributed by atoms with Crippen molar-refractivity contribution in [3.05, 3.63) is 11.7 Å². The van der Waals surface area contributed by atoms with Gasteiger partial charge in [-0.2, -0.15) is 4.98 Å². The number of carbonyl (C=O) groups is 2. The van der Waals surface area contributed by atoms with E-state index in [1.54, 1.807) is 0 Å². The molecule has 0 saturated heterocycles. The number of hydrogen-bond acceptors (Lipinski definition) is 5. The molecule has 2 rings (SSSR count). The van der Waals surface area contributed by atoms with E-state index in [0.717, 1.165) is 18.7 Å². The van der Waals surface area contributed by atoms with Gasteiger partial charge in [0.2, 0.25) is 11.8 Å². The highest BCUT2D eigenvalue weighted by Crippen LogP contribution is 2.38. The number of aryl methyl sites for hydroxylation is 1. The van der Waals surface area contributed by atoms with Gasteiger partial charge in [-0.3, -0.25) is 9.59 Å². The predicted octanol–water partition coefficient (Wildman–Crippen LogP) is 0.861. The molecule has 0 radical (unpaired) electrons. The number of nitrogens with zero attached hydrogens (tertiary/aromatic N) is 2.